The first-order chi connectivity index (χ1) is 11.9. The van der Waals surface area contributed by atoms with E-state index in [9.17, 15) is 9.59 Å². The summed E-state index contributed by atoms with van der Waals surface area (Å²) in [4.78, 5) is 25.9. The molecule has 2 atom stereocenters. The molecular formula is C20H18ClNO3. The largest absolute Gasteiger partial charge is 0.478 e. The molecule has 2 unspecified atom stereocenters. The molecule has 1 aliphatic carbocycles. The predicted octanol–water partition coefficient (Wildman–Crippen LogP) is 3.76. The minimum absolute atomic E-state index is 0.0558. The van der Waals surface area contributed by atoms with Gasteiger partial charge < -0.3 is 10.0 Å². The average Bonchev–Trinajstić information content (AvgIpc) is 3.16. The molecule has 0 radical (unpaired) electrons. The Kier molecular flexibility index (Phi) is 3.62. The number of rotatable bonds is 3. The molecule has 2 aromatic rings. The van der Waals surface area contributed by atoms with Crippen LogP contribution in [0.25, 0.3) is 0 Å². The summed E-state index contributed by atoms with van der Waals surface area (Å²) < 4.78 is 0. The number of hydrogen-bond donors (Lipinski definition) is 1. The SMILES string of the molecule is Cc1ccc(C23CC2CN(C(=O)c2cc(C(=O)O)ccc2Cl)C3)cc1. The number of carbonyl (C=O) groups is 2. The normalized spacial score (nSPS) is 24.1. The number of halogens is 1. The Labute approximate surface area is 151 Å². The summed E-state index contributed by atoms with van der Waals surface area (Å²) in [6.45, 7) is 3.42. The Morgan fingerprint density at radius 3 is 2.60 bits per heavy atom. The fraction of sp³-hybridized carbons (Fsp3) is 0.300. The Morgan fingerprint density at radius 2 is 1.92 bits per heavy atom. The molecule has 1 aliphatic heterocycles. The first-order valence-electron chi connectivity index (χ1n) is 8.30. The highest BCUT2D eigenvalue weighted by atomic mass is 35.5. The van der Waals surface area contributed by atoms with Gasteiger partial charge in [-0.05, 0) is 43.0 Å². The lowest BCUT2D eigenvalue weighted by molar-refractivity contribution is 0.0697. The highest BCUT2D eigenvalue weighted by Crippen LogP contribution is 2.59. The van der Waals surface area contributed by atoms with Crippen LogP contribution in [0.1, 0.15) is 38.3 Å². The first-order valence-corrected chi connectivity index (χ1v) is 8.68. The monoisotopic (exact) mass is 355 g/mol. The number of fused-ring (bicyclic) bond motifs is 1. The van der Waals surface area contributed by atoms with Gasteiger partial charge in [0, 0.05) is 18.5 Å². The number of amides is 1. The second-order valence-corrected chi connectivity index (χ2v) is 7.52. The first kappa shape index (κ1) is 16.2. The van der Waals surface area contributed by atoms with Crippen molar-refractivity contribution in [3.05, 3.63) is 69.7 Å². The predicted molar refractivity (Wildman–Crippen MR) is 95.3 cm³/mol. The van der Waals surface area contributed by atoms with E-state index in [1.165, 1.54) is 29.3 Å². The number of nitrogens with zero attached hydrogens (tertiary/aromatic N) is 1. The third-order valence-electron chi connectivity index (χ3n) is 5.50. The maximum absolute atomic E-state index is 12.9. The lowest BCUT2D eigenvalue weighted by Gasteiger charge is -2.22. The number of hydrogen-bond acceptors (Lipinski definition) is 2. The number of piperidine rings is 1. The van der Waals surface area contributed by atoms with E-state index in [0.29, 0.717) is 24.0 Å². The van der Waals surface area contributed by atoms with Crippen LogP contribution in [-0.4, -0.2) is 35.0 Å². The molecule has 1 heterocycles. The standard InChI is InChI=1S/C20H18ClNO3/c1-12-2-5-14(6-3-12)20-9-15(20)10-22(11-20)18(23)16-8-13(19(24)25)4-7-17(16)21/h2-8,15H,9-11H2,1H3,(H,24,25). The molecule has 5 heteroatoms. The number of aromatic carboxylic acids is 1. The Morgan fingerprint density at radius 1 is 1.20 bits per heavy atom. The van der Waals surface area contributed by atoms with Gasteiger partial charge in [-0.25, -0.2) is 4.79 Å². The van der Waals surface area contributed by atoms with Crippen molar-refractivity contribution >= 4 is 23.5 Å². The van der Waals surface area contributed by atoms with Crippen LogP contribution < -0.4 is 0 Å². The minimum atomic E-state index is -1.06. The fourth-order valence-electron chi connectivity index (χ4n) is 3.96. The van der Waals surface area contributed by atoms with E-state index in [4.69, 9.17) is 16.7 Å². The van der Waals surface area contributed by atoms with Crippen LogP contribution >= 0.6 is 11.6 Å². The van der Waals surface area contributed by atoms with Crippen LogP contribution in [0.5, 0.6) is 0 Å². The van der Waals surface area contributed by atoms with Crippen molar-refractivity contribution in [2.75, 3.05) is 13.1 Å². The number of carboxylic acid groups (broad SMARTS) is 1. The quantitative estimate of drug-likeness (QED) is 0.912. The molecule has 128 valence electrons. The highest BCUT2D eigenvalue weighted by Gasteiger charge is 2.61. The molecule has 25 heavy (non-hydrogen) atoms. The topological polar surface area (TPSA) is 57.6 Å². The fourth-order valence-corrected chi connectivity index (χ4v) is 4.16. The van der Waals surface area contributed by atoms with Crippen molar-refractivity contribution in [1.29, 1.82) is 0 Å². The molecule has 2 aliphatic rings. The molecule has 1 amide bonds. The van der Waals surface area contributed by atoms with Gasteiger partial charge in [-0.1, -0.05) is 41.4 Å². The smallest absolute Gasteiger partial charge is 0.335 e. The second kappa shape index (κ2) is 5.60. The van der Waals surface area contributed by atoms with Crippen LogP contribution in [0, 0.1) is 12.8 Å². The summed E-state index contributed by atoms with van der Waals surface area (Å²) in [6, 6.07) is 12.8. The Balaban J connectivity index is 1.59. The van der Waals surface area contributed by atoms with Gasteiger partial charge in [-0.15, -0.1) is 0 Å². The minimum Gasteiger partial charge on any atom is -0.478 e. The summed E-state index contributed by atoms with van der Waals surface area (Å²) in [5.41, 5.74) is 2.90. The zero-order valence-electron chi connectivity index (χ0n) is 13.8. The summed E-state index contributed by atoms with van der Waals surface area (Å²) in [5.74, 6) is -0.779. The molecule has 1 saturated carbocycles. The lowest BCUT2D eigenvalue weighted by atomic mass is 9.94. The molecule has 2 aromatic carbocycles. The van der Waals surface area contributed by atoms with E-state index in [0.717, 1.165) is 6.42 Å². The van der Waals surface area contributed by atoms with Crippen LogP contribution in [0.2, 0.25) is 5.02 Å². The van der Waals surface area contributed by atoms with E-state index in [-0.39, 0.29) is 22.4 Å². The van der Waals surface area contributed by atoms with E-state index in [1.54, 1.807) is 4.90 Å². The molecule has 0 aromatic heterocycles. The van der Waals surface area contributed by atoms with Crippen molar-refractivity contribution in [2.45, 2.75) is 18.8 Å². The van der Waals surface area contributed by atoms with E-state index < -0.39 is 5.97 Å². The van der Waals surface area contributed by atoms with Crippen LogP contribution in [-0.2, 0) is 5.41 Å². The molecule has 1 N–H and O–H groups in total. The number of carboxylic acids is 1. The summed E-state index contributed by atoms with van der Waals surface area (Å²) >= 11 is 6.15. The Bertz CT molecular complexity index is 877. The average molecular weight is 356 g/mol. The molecule has 4 nitrogen and oxygen atoms in total. The second-order valence-electron chi connectivity index (χ2n) is 7.11. The van der Waals surface area contributed by atoms with Gasteiger partial charge in [-0.3, -0.25) is 4.79 Å². The van der Waals surface area contributed by atoms with Gasteiger partial charge in [0.15, 0.2) is 0 Å². The molecule has 4 rings (SSSR count). The molecular weight excluding hydrogens is 338 g/mol. The molecule has 1 saturated heterocycles. The lowest BCUT2D eigenvalue weighted by Crippen LogP contribution is -2.33. The van der Waals surface area contributed by atoms with Gasteiger partial charge in [0.2, 0.25) is 0 Å². The van der Waals surface area contributed by atoms with Crippen LogP contribution in [0.15, 0.2) is 42.5 Å². The third kappa shape index (κ3) is 2.61. The van der Waals surface area contributed by atoms with E-state index >= 15 is 0 Å². The zero-order valence-corrected chi connectivity index (χ0v) is 14.6. The summed E-state index contributed by atoms with van der Waals surface area (Å²) in [5, 5.41) is 9.43. The molecule has 0 bridgehead atoms. The molecule has 0 spiro atoms. The maximum Gasteiger partial charge on any atom is 0.335 e. The summed E-state index contributed by atoms with van der Waals surface area (Å²) in [6.07, 6.45) is 1.10. The van der Waals surface area contributed by atoms with Gasteiger partial charge in [0.1, 0.15) is 0 Å². The zero-order chi connectivity index (χ0) is 17.8. The number of likely N-dealkylation sites (tertiary alicyclic amines) is 1. The van der Waals surface area contributed by atoms with Crippen LogP contribution in [0.3, 0.4) is 0 Å². The van der Waals surface area contributed by atoms with E-state index in [2.05, 4.69) is 31.2 Å². The van der Waals surface area contributed by atoms with Crippen molar-refractivity contribution in [3.63, 3.8) is 0 Å². The number of carbonyl (C=O) groups excluding carboxylic acids is 1. The van der Waals surface area contributed by atoms with Crippen molar-refractivity contribution in [3.8, 4) is 0 Å². The van der Waals surface area contributed by atoms with Crippen molar-refractivity contribution < 1.29 is 14.7 Å². The highest BCUT2D eigenvalue weighted by molar-refractivity contribution is 6.34. The van der Waals surface area contributed by atoms with Crippen molar-refractivity contribution in [2.24, 2.45) is 5.92 Å². The summed E-state index contributed by atoms with van der Waals surface area (Å²) in [7, 11) is 0. The Hall–Kier alpha value is -2.33. The number of benzene rings is 2. The van der Waals surface area contributed by atoms with Crippen molar-refractivity contribution in [1.82, 2.24) is 4.90 Å². The maximum atomic E-state index is 12.9. The van der Waals surface area contributed by atoms with Crippen LogP contribution in [0.4, 0.5) is 0 Å². The number of aryl methyl sites for hydroxylation is 1. The third-order valence-corrected chi connectivity index (χ3v) is 5.83. The van der Waals surface area contributed by atoms with E-state index in [1.807, 2.05) is 0 Å². The van der Waals surface area contributed by atoms with Gasteiger partial charge in [0.25, 0.3) is 5.91 Å². The van der Waals surface area contributed by atoms with Gasteiger partial charge in [-0.2, -0.15) is 0 Å². The molecule has 2 fully saturated rings. The van der Waals surface area contributed by atoms with Gasteiger partial charge >= 0.3 is 5.97 Å². The van der Waals surface area contributed by atoms with Gasteiger partial charge in [0.05, 0.1) is 16.1 Å².